The zero-order valence-electron chi connectivity index (χ0n) is 14.4. The number of hydrogen-bond donors (Lipinski definition) is 2. The topological polar surface area (TPSA) is 128 Å². The molecular formula is C17H18N6O4. The summed E-state index contributed by atoms with van der Waals surface area (Å²) >= 11 is 0. The highest BCUT2D eigenvalue weighted by atomic mass is 16.6. The van der Waals surface area contributed by atoms with Gasteiger partial charge in [-0.25, -0.2) is 9.67 Å². The molecule has 10 nitrogen and oxygen atoms in total. The molecule has 0 radical (unpaired) electrons. The second-order valence-corrected chi connectivity index (χ2v) is 6.72. The van der Waals surface area contributed by atoms with E-state index >= 15 is 0 Å². The number of benzene rings is 1. The number of nitro groups is 1. The summed E-state index contributed by atoms with van der Waals surface area (Å²) in [6.45, 7) is 1.57. The van der Waals surface area contributed by atoms with Gasteiger partial charge >= 0.3 is 0 Å². The minimum absolute atomic E-state index is 0.0716. The summed E-state index contributed by atoms with van der Waals surface area (Å²) in [6, 6.07) is 5.96. The lowest BCUT2D eigenvalue weighted by atomic mass is 9.92. The van der Waals surface area contributed by atoms with Gasteiger partial charge in [0, 0.05) is 12.1 Å². The normalized spacial score (nSPS) is 16.5. The molecule has 1 aromatic carbocycles. The highest BCUT2D eigenvalue weighted by Crippen LogP contribution is 2.21. The van der Waals surface area contributed by atoms with Crippen molar-refractivity contribution in [1.29, 1.82) is 0 Å². The van der Waals surface area contributed by atoms with Crippen molar-refractivity contribution in [2.45, 2.75) is 25.0 Å². The molecule has 0 bridgehead atoms. The maximum absolute atomic E-state index is 12.8. The van der Waals surface area contributed by atoms with Crippen LogP contribution in [-0.4, -0.2) is 48.1 Å². The van der Waals surface area contributed by atoms with Crippen LogP contribution in [0.1, 0.15) is 12.8 Å². The Labute approximate surface area is 153 Å². The highest BCUT2D eigenvalue weighted by Gasteiger charge is 2.30. The summed E-state index contributed by atoms with van der Waals surface area (Å²) in [5, 5.41) is 29.3. The van der Waals surface area contributed by atoms with E-state index in [1.54, 1.807) is 12.1 Å². The van der Waals surface area contributed by atoms with Gasteiger partial charge in [-0.15, -0.1) is 0 Å². The van der Waals surface area contributed by atoms with Crippen LogP contribution in [-0.2, 0) is 6.54 Å². The van der Waals surface area contributed by atoms with Crippen molar-refractivity contribution in [2.75, 3.05) is 13.1 Å². The minimum atomic E-state index is -0.944. The van der Waals surface area contributed by atoms with Gasteiger partial charge in [-0.05, 0) is 32.0 Å². The van der Waals surface area contributed by atoms with Crippen molar-refractivity contribution < 1.29 is 10.0 Å². The third kappa shape index (κ3) is 3.20. The molecule has 0 atom stereocenters. The highest BCUT2D eigenvalue weighted by molar-refractivity contribution is 5.75. The SMILES string of the molecule is O=c1c2cnn(-c3cccc([N+](=O)[O-])c3)c2ncn1CC1(O)CCNCC1. The first kappa shape index (κ1) is 17.3. The molecule has 1 saturated heterocycles. The smallest absolute Gasteiger partial charge is 0.271 e. The van der Waals surface area contributed by atoms with Gasteiger partial charge < -0.3 is 10.4 Å². The fraction of sp³-hybridized carbons (Fsp3) is 0.353. The molecule has 3 aromatic rings. The first-order valence-corrected chi connectivity index (χ1v) is 8.58. The molecule has 3 heterocycles. The van der Waals surface area contributed by atoms with Crippen LogP contribution in [0.4, 0.5) is 5.69 Å². The van der Waals surface area contributed by atoms with Crippen molar-refractivity contribution in [3.63, 3.8) is 0 Å². The number of aliphatic hydroxyl groups is 1. The Morgan fingerprint density at radius 3 is 2.85 bits per heavy atom. The van der Waals surface area contributed by atoms with E-state index in [1.807, 2.05) is 0 Å². The van der Waals surface area contributed by atoms with Gasteiger partial charge in [-0.2, -0.15) is 5.10 Å². The number of aromatic nitrogens is 4. The van der Waals surface area contributed by atoms with Crippen molar-refractivity contribution in [3.05, 3.63) is 57.3 Å². The second kappa shape index (κ2) is 6.56. The van der Waals surface area contributed by atoms with Crippen LogP contribution in [0.15, 0.2) is 41.6 Å². The van der Waals surface area contributed by atoms with E-state index in [0.717, 1.165) is 0 Å². The molecule has 1 fully saturated rings. The van der Waals surface area contributed by atoms with Crippen LogP contribution in [0.3, 0.4) is 0 Å². The number of nitro benzene ring substituents is 1. The van der Waals surface area contributed by atoms with E-state index in [1.165, 1.54) is 33.9 Å². The zero-order chi connectivity index (χ0) is 19.0. The van der Waals surface area contributed by atoms with Crippen LogP contribution in [0, 0.1) is 10.1 Å². The molecule has 0 saturated carbocycles. The average Bonchev–Trinajstić information content (AvgIpc) is 3.09. The molecule has 0 amide bonds. The summed E-state index contributed by atoms with van der Waals surface area (Å²) in [5.74, 6) is 0. The van der Waals surface area contributed by atoms with Gasteiger partial charge in [0.1, 0.15) is 11.7 Å². The Balaban J connectivity index is 1.73. The molecular weight excluding hydrogens is 352 g/mol. The Morgan fingerprint density at radius 1 is 1.33 bits per heavy atom. The fourth-order valence-electron chi connectivity index (χ4n) is 3.36. The number of nitrogens with one attached hydrogen (secondary N) is 1. The Hall–Kier alpha value is -3.11. The van der Waals surface area contributed by atoms with Gasteiger partial charge in [-0.1, -0.05) is 6.07 Å². The van der Waals surface area contributed by atoms with E-state index in [0.29, 0.717) is 42.7 Å². The number of rotatable bonds is 4. The summed E-state index contributed by atoms with van der Waals surface area (Å²) in [4.78, 5) is 27.6. The number of nitrogens with zero attached hydrogens (tertiary/aromatic N) is 5. The minimum Gasteiger partial charge on any atom is -0.388 e. The lowest BCUT2D eigenvalue weighted by Gasteiger charge is -2.32. The average molecular weight is 370 g/mol. The van der Waals surface area contributed by atoms with Crippen LogP contribution >= 0.6 is 0 Å². The van der Waals surface area contributed by atoms with Crippen molar-refractivity contribution in [2.24, 2.45) is 0 Å². The van der Waals surface area contributed by atoms with Gasteiger partial charge in [0.2, 0.25) is 0 Å². The predicted molar refractivity (Wildman–Crippen MR) is 96.8 cm³/mol. The van der Waals surface area contributed by atoms with Crippen LogP contribution in [0.5, 0.6) is 0 Å². The van der Waals surface area contributed by atoms with E-state index in [4.69, 9.17) is 0 Å². The van der Waals surface area contributed by atoms with Gasteiger partial charge in [0.25, 0.3) is 11.2 Å². The van der Waals surface area contributed by atoms with E-state index in [2.05, 4.69) is 15.4 Å². The number of fused-ring (bicyclic) bond motifs is 1. The molecule has 4 rings (SSSR count). The van der Waals surface area contributed by atoms with E-state index < -0.39 is 10.5 Å². The third-order valence-corrected chi connectivity index (χ3v) is 4.84. The molecule has 0 unspecified atom stereocenters. The first-order chi connectivity index (χ1) is 13.0. The Bertz CT molecular complexity index is 1070. The predicted octanol–water partition coefficient (Wildman–Crippen LogP) is 0.605. The van der Waals surface area contributed by atoms with Crippen LogP contribution in [0.25, 0.3) is 16.7 Å². The summed E-state index contributed by atoms with van der Waals surface area (Å²) in [6.07, 6.45) is 3.90. The lowest BCUT2D eigenvalue weighted by molar-refractivity contribution is -0.384. The fourth-order valence-corrected chi connectivity index (χ4v) is 3.36. The molecule has 27 heavy (non-hydrogen) atoms. The molecule has 0 spiro atoms. The van der Waals surface area contributed by atoms with Gasteiger partial charge in [0.15, 0.2) is 5.65 Å². The van der Waals surface area contributed by atoms with Crippen molar-refractivity contribution in [3.8, 4) is 5.69 Å². The van der Waals surface area contributed by atoms with Crippen LogP contribution < -0.4 is 10.9 Å². The number of non-ortho nitro benzene ring substituents is 1. The third-order valence-electron chi connectivity index (χ3n) is 4.84. The van der Waals surface area contributed by atoms with Crippen LogP contribution in [0.2, 0.25) is 0 Å². The van der Waals surface area contributed by atoms with Crippen molar-refractivity contribution in [1.82, 2.24) is 24.6 Å². The number of piperidine rings is 1. The molecule has 140 valence electrons. The van der Waals surface area contributed by atoms with Crippen molar-refractivity contribution >= 4 is 16.7 Å². The molecule has 1 aliphatic rings. The van der Waals surface area contributed by atoms with Gasteiger partial charge in [0.05, 0.1) is 29.0 Å². The Morgan fingerprint density at radius 2 is 2.11 bits per heavy atom. The van der Waals surface area contributed by atoms with Gasteiger partial charge in [-0.3, -0.25) is 19.5 Å². The summed E-state index contributed by atoms with van der Waals surface area (Å²) in [7, 11) is 0. The quantitative estimate of drug-likeness (QED) is 0.508. The standard InChI is InChI=1S/C17H18N6O4/c24-16-14-9-20-22(12-2-1-3-13(8-12)23(26)27)15(14)19-11-21(16)10-17(25)4-6-18-7-5-17/h1-3,8-9,11,18,25H,4-7,10H2. The second-order valence-electron chi connectivity index (χ2n) is 6.72. The summed E-state index contributed by atoms with van der Waals surface area (Å²) < 4.78 is 2.79. The maximum Gasteiger partial charge on any atom is 0.271 e. The van der Waals surface area contributed by atoms with E-state index in [-0.39, 0.29) is 17.8 Å². The first-order valence-electron chi connectivity index (χ1n) is 8.58. The maximum atomic E-state index is 12.8. The zero-order valence-corrected chi connectivity index (χ0v) is 14.4. The monoisotopic (exact) mass is 370 g/mol. The lowest BCUT2D eigenvalue weighted by Crippen LogP contribution is -2.46. The molecule has 10 heteroatoms. The molecule has 2 N–H and O–H groups in total. The molecule has 1 aliphatic heterocycles. The van der Waals surface area contributed by atoms with E-state index in [9.17, 15) is 20.0 Å². The molecule has 0 aliphatic carbocycles. The largest absolute Gasteiger partial charge is 0.388 e. The molecule has 2 aromatic heterocycles. The number of hydrogen-bond acceptors (Lipinski definition) is 7. The Kier molecular flexibility index (Phi) is 4.21. The summed E-state index contributed by atoms with van der Waals surface area (Å²) in [5.41, 5.74) is -0.559.